The summed E-state index contributed by atoms with van der Waals surface area (Å²) in [7, 11) is 0. The number of aromatic nitrogens is 2. The fraction of sp³-hybridized carbons (Fsp3) is 0.318. The largest absolute Gasteiger partial charge is 0.486 e. The summed E-state index contributed by atoms with van der Waals surface area (Å²) in [5, 5.41) is 3.56. The van der Waals surface area contributed by atoms with Crippen molar-refractivity contribution < 1.29 is 27.4 Å². The van der Waals surface area contributed by atoms with Gasteiger partial charge in [0.2, 0.25) is 0 Å². The Balaban J connectivity index is 1.55. The van der Waals surface area contributed by atoms with Crippen molar-refractivity contribution in [2.45, 2.75) is 32.2 Å². The number of carbonyl (C=O) groups excluding carboxylic acids is 1. The lowest BCUT2D eigenvalue weighted by atomic mass is 10.1. The zero-order valence-electron chi connectivity index (χ0n) is 17.3. The van der Waals surface area contributed by atoms with Crippen molar-refractivity contribution in [3.63, 3.8) is 0 Å². The van der Waals surface area contributed by atoms with Gasteiger partial charge in [0.25, 0.3) is 5.91 Å². The van der Waals surface area contributed by atoms with Crippen LogP contribution in [0.4, 0.5) is 13.2 Å². The van der Waals surface area contributed by atoms with Gasteiger partial charge in [-0.25, -0.2) is 4.98 Å². The second-order valence-corrected chi connectivity index (χ2v) is 8.70. The van der Waals surface area contributed by atoms with Gasteiger partial charge in [-0.05, 0) is 43.7 Å². The van der Waals surface area contributed by atoms with Gasteiger partial charge in [-0.15, -0.1) is 11.3 Å². The number of nitrogens with zero attached hydrogens (tertiary/aromatic N) is 2. The van der Waals surface area contributed by atoms with Crippen LogP contribution in [0.1, 0.15) is 39.5 Å². The molecule has 1 aliphatic rings. The normalized spacial score (nSPS) is 15.2. The highest BCUT2D eigenvalue weighted by molar-refractivity contribution is 7.14. The third-order valence-corrected chi connectivity index (χ3v) is 5.83. The minimum atomic E-state index is -4.51. The van der Waals surface area contributed by atoms with Crippen molar-refractivity contribution in [2.75, 3.05) is 13.2 Å². The first-order valence-corrected chi connectivity index (χ1v) is 10.7. The van der Waals surface area contributed by atoms with E-state index in [1.807, 2.05) is 13.0 Å². The molecule has 1 unspecified atom stereocenters. The molecule has 0 aliphatic carbocycles. The lowest BCUT2D eigenvalue weighted by Crippen LogP contribution is -2.38. The zero-order chi connectivity index (χ0) is 22.9. The summed E-state index contributed by atoms with van der Waals surface area (Å²) in [5.74, 6) is 0.139. The fourth-order valence-corrected chi connectivity index (χ4v) is 3.83. The van der Waals surface area contributed by atoms with Crippen LogP contribution in [-0.2, 0) is 10.9 Å². The topological polar surface area (TPSA) is 73.3 Å². The molecular formula is C22H20F3N3O3S. The first-order chi connectivity index (χ1) is 15.2. The Morgan fingerprint density at radius 3 is 2.56 bits per heavy atom. The minimum Gasteiger partial charge on any atom is -0.486 e. The summed E-state index contributed by atoms with van der Waals surface area (Å²) >= 11 is 1.50. The number of thiazole rings is 1. The van der Waals surface area contributed by atoms with Crippen molar-refractivity contribution in [1.82, 2.24) is 15.3 Å². The molecule has 1 aromatic carbocycles. The maximum absolute atomic E-state index is 13.0. The van der Waals surface area contributed by atoms with Crippen LogP contribution in [-0.4, -0.2) is 35.2 Å². The number of ether oxygens (including phenoxy) is 2. The van der Waals surface area contributed by atoms with E-state index >= 15 is 0 Å². The summed E-state index contributed by atoms with van der Waals surface area (Å²) in [4.78, 5) is 21.8. The number of benzene rings is 1. The number of halogens is 3. The highest BCUT2D eigenvalue weighted by Gasteiger charge is 2.32. The summed E-state index contributed by atoms with van der Waals surface area (Å²) in [5.41, 5.74) is 0.585. The Kier molecular flexibility index (Phi) is 6.16. The van der Waals surface area contributed by atoms with Crippen molar-refractivity contribution in [1.29, 1.82) is 0 Å². The molecular weight excluding hydrogens is 443 g/mol. The molecule has 10 heteroatoms. The summed E-state index contributed by atoms with van der Waals surface area (Å²) in [6, 6.07) is 6.84. The zero-order valence-corrected chi connectivity index (χ0v) is 18.1. The van der Waals surface area contributed by atoms with Gasteiger partial charge in [-0.3, -0.25) is 9.78 Å². The van der Waals surface area contributed by atoms with Crippen LogP contribution in [0.5, 0.6) is 5.75 Å². The molecule has 1 N–H and O–H groups in total. The third kappa shape index (κ3) is 5.08. The molecule has 0 bridgehead atoms. The molecule has 1 aliphatic heterocycles. The molecule has 1 atom stereocenters. The van der Waals surface area contributed by atoms with Crippen LogP contribution in [0, 0.1) is 6.92 Å². The monoisotopic (exact) mass is 463 g/mol. The number of nitrogens with one attached hydrogen (secondary N) is 1. The van der Waals surface area contributed by atoms with Crippen LogP contribution >= 0.6 is 11.3 Å². The number of hydrogen-bond donors (Lipinski definition) is 1. The number of pyridine rings is 1. The van der Waals surface area contributed by atoms with E-state index in [0.29, 0.717) is 30.1 Å². The van der Waals surface area contributed by atoms with Gasteiger partial charge in [0.1, 0.15) is 22.6 Å². The van der Waals surface area contributed by atoms with Gasteiger partial charge in [-0.1, -0.05) is 6.07 Å². The number of hydrogen-bond acceptors (Lipinski definition) is 6. The van der Waals surface area contributed by atoms with E-state index in [4.69, 9.17) is 9.47 Å². The molecule has 2 aromatic heterocycles. The van der Waals surface area contributed by atoms with Crippen LogP contribution in [0.25, 0.3) is 10.6 Å². The molecule has 1 saturated heterocycles. The van der Waals surface area contributed by atoms with E-state index in [1.165, 1.54) is 17.4 Å². The summed E-state index contributed by atoms with van der Waals surface area (Å²) < 4.78 is 49.2. The Bertz CT molecular complexity index is 1110. The van der Waals surface area contributed by atoms with Gasteiger partial charge in [-0.2, -0.15) is 13.2 Å². The van der Waals surface area contributed by atoms with E-state index < -0.39 is 17.9 Å². The second kappa shape index (κ2) is 8.87. The predicted octanol–water partition coefficient (Wildman–Crippen LogP) is 4.80. The van der Waals surface area contributed by atoms with Crippen molar-refractivity contribution in [3.8, 4) is 16.3 Å². The Morgan fingerprint density at radius 1 is 1.22 bits per heavy atom. The Morgan fingerprint density at radius 2 is 2.00 bits per heavy atom. The average Bonchev–Trinajstić information content (AvgIpc) is 3.16. The molecule has 3 heterocycles. The maximum atomic E-state index is 13.0. The van der Waals surface area contributed by atoms with E-state index in [9.17, 15) is 18.0 Å². The number of aryl methyl sites for hydroxylation is 1. The molecule has 168 valence electrons. The number of amides is 1. The average molecular weight is 463 g/mol. The van der Waals surface area contributed by atoms with Crippen LogP contribution in [0.3, 0.4) is 0 Å². The molecule has 1 amide bonds. The fourth-order valence-electron chi connectivity index (χ4n) is 3.08. The number of carbonyl (C=O) groups is 1. The van der Waals surface area contributed by atoms with Crippen molar-refractivity contribution in [3.05, 3.63) is 64.4 Å². The Hall–Kier alpha value is -2.98. The van der Waals surface area contributed by atoms with E-state index in [1.54, 1.807) is 25.3 Å². The van der Waals surface area contributed by atoms with E-state index in [-0.39, 0.29) is 12.0 Å². The van der Waals surface area contributed by atoms with Gasteiger partial charge < -0.3 is 14.8 Å². The molecule has 0 radical (unpaired) electrons. The lowest BCUT2D eigenvalue weighted by Gasteiger charge is -2.27. The van der Waals surface area contributed by atoms with Gasteiger partial charge in [0, 0.05) is 28.4 Å². The molecule has 32 heavy (non-hydrogen) atoms. The standard InChI is InChI=1S/C22H20F3N3O3S/c1-12-8-27-21(32-12)16-5-15(6-17(7-16)31-18-10-30-11-18)20(29)28-13(2)14-3-4-19(26-9-14)22(23,24)25/h3-9,13,18H,10-11H2,1-2H3,(H,28,29). The van der Waals surface area contributed by atoms with Gasteiger partial charge in [0.15, 0.2) is 0 Å². The smallest absolute Gasteiger partial charge is 0.433 e. The van der Waals surface area contributed by atoms with Crippen LogP contribution < -0.4 is 10.1 Å². The van der Waals surface area contributed by atoms with Crippen LogP contribution in [0.15, 0.2) is 42.7 Å². The Labute approximate surface area is 186 Å². The molecule has 1 fully saturated rings. The quantitative estimate of drug-likeness (QED) is 0.569. The van der Waals surface area contributed by atoms with E-state index in [0.717, 1.165) is 27.7 Å². The van der Waals surface area contributed by atoms with Crippen molar-refractivity contribution >= 4 is 17.2 Å². The molecule has 4 rings (SSSR count). The van der Waals surface area contributed by atoms with Gasteiger partial charge >= 0.3 is 6.18 Å². The molecule has 6 nitrogen and oxygen atoms in total. The van der Waals surface area contributed by atoms with Crippen molar-refractivity contribution in [2.24, 2.45) is 0 Å². The SMILES string of the molecule is Cc1cnc(-c2cc(OC3COC3)cc(C(=O)NC(C)c3ccc(C(F)(F)F)nc3)c2)s1. The summed E-state index contributed by atoms with van der Waals surface area (Å²) in [6.07, 6.45) is -1.71. The number of rotatable bonds is 6. The highest BCUT2D eigenvalue weighted by Crippen LogP contribution is 2.31. The first-order valence-electron chi connectivity index (χ1n) is 9.85. The first kappa shape index (κ1) is 22.2. The minimum absolute atomic E-state index is 0.0728. The van der Waals surface area contributed by atoms with E-state index in [2.05, 4.69) is 15.3 Å². The second-order valence-electron chi connectivity index (χ2n) is 7.47. The molecule has 3 aromatic rings. The molecule has 0 spiro atoms. The maximum Gasteiger partial charge on any atom is 0.433 e. The third-order valence-electron chi connectivity index (χ3n) is 4.87. The predicted molar refractivity (Wildman–Crippen MR) is 113 cm³/mol. The highest BCUT2D eigenvalue weighted by atomic mass is 32.1. The van der Waals surface area contributed by atoms with Crippen LogP contribution in [0.2, 0.25) is 0 Å². The lowest BCUT2D eigenvalue weighted by molar-refractivity contribution is -0.141. The van der Waals surface area contributed by atoms with Gasteiger partial charge in [0.05, 0.1) is 19.3 Å². The summed E-state index contributed by atoms with van der Waals surface area (Å²) in [6.45, 7) is 4.60. The molecule has 0 saturated carbocycles. The number of alkyl halides is 3.